The van der Waals surface area contributed by atoms with Crippen LogP contribution in [0, 0.1) is 13.8 Å². The highest BCUT2D eigenvalue weighted by Crippen LogP contribution is 2.19. The van der Waals surface area contributed by atoms with E-state index in [1.165, 1.54) is 0 Å². The zero-order valence-electron chi connectivity index (χ0n) is 8.66. The summed E-state index contributed by atoms with van der Waals surface area (Å²) < 4.78 is 0. The topological polar surface area (TPSA) is 25.8 Å². The van der Waals surface area contributed by atoms with E-state index in [1.54, 1.807) is 0 Å². The fourth-order valence-corrected chi connectivity index (χ4v) is 1.67. The maximum Gasteiger partial charge on any atom is 0.159 e. The molecule has 3 heteroatoms. The first kappa shape index (κ1) is 10.1. The summed E-state index contributed by atoms with van der Waals surface area (Å²) in [6.07, 6.45) is 0. The van der Waals surface area contributed by atoms with E-state index in [4.69, 9.17) is 11.6 Å². The fourth-order valence-electron chi connectivity index (χ4n) is 1.48. The van der Waals surface area contributed by atoms with Crippen LogP contribution in [0.1, 0.15) is 11.4 Å². The lowest BCUT2D eigenvalue weighted by molar-refractivity contribution is 1.06. The maximum absolute atomic E-state index is 5.92. The van der Waals surface area contributed by atoms with Gasteiger partial charge in [0.25, 0.3) is 0 Å². The number of aryl methyl sites for hydroxylation is 2. The van der Waals surface area contributed by atoms with Gasteiger partial charge in [-0.1, -0.05) is 23.7 Å². The van der Waals surface area contributed by atoms with Crippen molar-refractivity contribution in [2.24, 2.45) is 0 Å². The van der Waals surface area contributed by atoms with Crippen molar-refractivity contribution in [3.63, 3.8) is 0 Å². The highest BCUT2D eigenvalue weighted by atomic mass is 35.5. The molecule has 0 aliphatic heterocycles. The Morgan fingerprint density at radius 2 is 1.67 bits per heavy atom. The van der Waals surface area contributed by atoms with Gasteiger partial charge in [-0.25, -0.2) is 9.97 Å². The quantitative estimate of drug-likeness (QED) is 0.733. The van der Waals surface area contributed by atoms with E-state index < -0.39 is 0 Å². The Kier molecular flexibility index (Phi) is 2.69. The van der Waals surface area contributed by atoms with Gasteiger partial charge in [0.1, 0.15) is 0 Å². The van der Waals surface area contributed by atoms with Gasteiger partial charge in [-0.15, -0.1) is 0 Å². The molecular weight excluding hydrogens is 208 g/mol. The standard InChI is InChI=1S/C12H11ClN2/c1-8-6-9(2)15-12(14-8)10-4-3-5-11(13)7-10/h3-7H,1-2H3. The molecule has 0 aliphatic rings. The van der Waals surface area contributed by atoms with Crippen LogP contribution in [0.25, 0.3) is 11.4 Å². The Labute approximate surface area is 94.0 Å². The first-order chi connectivity index (χ1) is 7.15. The Bertz CT molecular complexity index is 474. The summed E-state index contributed by atoms with van der Waals surface area (Å²) in [5, 5.41) is 0.704. The number of benzene rings is 1. The monoisotopic (exact) mass is 218 g/mol. The second kappa shape index (κ2) is 3.99. The minimum atomic E-state index is 0.704. The first-order valence-corrected chi connectivity index (χ1v) is 5.11. The normalized spacial score (nSPS) is 10.3. The molecule has 0 amide bonds. The molecule has 2 rings (SSSR count). The van der Waals surface area contributed by atoms with E-state index in [0.29, 0.717) is 5.02 Å². The third kappa shape index (κ3) is 2.34. The minimum Gasteiger partial charge on any atom is -0.233 e. The predicted molar refractivity (Wildman–Crippen MR) is 62.0 cm³/mol. The fraction of sp³-hybridized carbons (Fsp3) is 0.167. The lowest BCUT2D eigenvalue weighted by atomic mass is 10.2. The lowest BCUT2D eigenvalue weighted by Gasteiger charge is -2.03. The molecule has 15 heavy (non-hydrogen) atoms. The number of rotatable bonds is 1. The van der Waals surface area contributed by atoms with Gasteiger partial charge in [0.15, 0.2) is 5.82 Å². The highest BCUT2D eigenvalue weighted by Gasteiger charge is 2.03. The molecule has 2 aromatic rings. The van der Waals surface area contributed by atoms with Crippen molar-refractivity contribution in [1.82, 2.24) is 9.97 Å². The molecule has 0 aliphatic carbocycles. The van der Waals surface area contributed by atoms with Crippen molar-refractivity contribution < 1.29 is 0 Å². The number of halogens is 1. The molecule has 2 nitrogen and oxygen atoms in total. The lowest BCUT2D eigenvalue weighted by Crippen LogP contribution is -1.94. The minimum absolute atomic E-state index is 0.704. The predicted octanol–water partition coefficient (Wildman–Crippen LogP) is 3.41. The summed E-state index contributed by atoms with van der Waals surface area (Å²) in [6.45, 7) is 3.92. The zero-order valence-corrected chi connectivity index (χ0v) is 9.42. The molecule has 0 bridgehead atoms. The van der Waals surface area contributed by atoms with Gasteiger partial charge >= 0.3 is 0 Å². The largest absolute Gasteiger partial charge is 0.233 e. The summed E-state index contributed by atoms with van der Waals surface area (Å²) >= 11 is 5.92. The smallest absolute Gasteiger partial charge is 0.159 e. The van der Waals surface area contributed by atoms with Gasteiger partial charge in [0.2, 0.25) is 0 Å². The molecule has 0 fully saturated rings. The summed E-state index contributed by atoms with van der Waals surface area (Å²) in [7, 11) is 0. The Hall–Kier alpha value is -1.41. The highest BCUT2D eigenvalue weighted by molar-refractivity contribution is 6.30. The van der Waals surface area contributed by atoms with Crippen LogP contribution in [0.15, 0.2) is 30.3 Å². The molecule has 0 saturated carbocycles. The Morgan fingerprint density at radius 3 is 2.27 bits per heavy atom. The molecule has 0 spiro atoms. The second-order valence-corrected chi connectivity index (χ2v) is 3.92. The average Bonchev–Trinajstić information content (AvgIpc) is 2.16. The van der Waals surface area contributed by atoms with Gasteiger partial charge in [0, 0.05) is 22.0 Å². The summed E-state index contributed by atoms with van der Waals surface area (Å²) in [6, 6.07) is 9.52. The van der Waals surface area contributed by atoms with Gasteiger partial charge in [0.05, 0.1) is 0 Å². The van der Waals surface area contributed by atoms with Gasteiger partial charge in [-0.05, 0) is 32.0 Å². The number of nitrogens with zero attached hydrogens (tertiary/aromatic N) is 2. The summed E-state index contributed by atoms with van der Waals surface area (Å²) in [5.41, 5.74) is 2.89. The molecule has 0 atom stereocenters. The third-order valence-electron chi connectivity index (χ3n) is 2.07. The van der Waals surface area contributed by atoms with Crippen LogP contribution in [0.3, 0.4) is 0 Å². The van der Waals surface area contributed by atoms with Crippen molar-refractivity contribution in [2.75, 3.05) is 0 Å². The van der Waals surface area contributed by atoms with Gasteiger partial charge in [-0.2, -0.15) is 0 Å². The van der Waals surface area contributed by atoms with Crippen molar-refractivity contribution in [3.05, 3.63) is 46.7 Å². The average molecular weight is 219 g/mol. The van der Waals surface area contributed by atoms with Crippen LogP contribution in [0.5, 0.6) is 0 Å². The maximum atomic E-state index is 5.92. The third-order valence-corrected chi connectivity index (χ3v) is 2.30. The Balaban J connectivity index is 2.54. The van der Waals surface area contributed by atoms with E-state index in [0.717, 1.165) is 22.8 Å². The summed E-state index contributed by atoms with van der Waals surface area (Å²) in [4.78, 5) is 8.75. The van der Waals surface area contributed by atoms with E-state index in [-0.39, 0.29) is 0 Å². The van der Waals surface area contributed by atoms with E-state index in [2.05, 4.69) is 9.97 Å². The van der Waals surface area contributed by atoms with E-state index in [9.17, 15) is 0 Å². The molecule has 1 heterocycles. The van der Waals surface area contributed by atoms with Crippen molar-refractivity contribution in [3.8, 4) is 11.4 Å². The van der Waals surface area contributed by atoms with Crippen molar-refractivity contribution in [1.29, 1.82) is 0 Å². The molecule has 0 N–H and O–H groups in total. The number of hydrogen-bond acceptors (Lipinski definition) is 2. The second-order valence-electron chi connectivity index (χ2n) is 3.48. The van der Waals surface area contributed by atoms with Crippen molar-refractivity contribution >= 4 is 11.6 Å². The molecule has 76 valence electrons. The molecule has 0 saturated heterocycles. The van der Waals surface area contributed by atoms with Gasteiger partial charge in [-0.3, -0.25) is 0 Å². The van der Waals surface area contributed by atoms with Crippen LogP contribution in [0.2, 0.25) is 5.02 Å². The van der Waals surface area contributed by atoms with Crippen molar-refractivity contribution in [2.45, 2.75) is 13.8 Å². The van der Waals surface area contributed by atoms with Crippen LogP contribution in [-0.4, -0.2) is 9.97 Å². The van der Waals surface area contributed by atoms with E-state index >= 15 is 0 Å². The molecular formula is C12H11ClN2. The van der Waals surface area contributed by atoms with Crippen LogP contribution < -0.4 is 0 Å². The van der Waals surface area contributed by atoms with E-state index in [1.807, 2.05) is 44.2 Å². The van der Waals surface area contributed by atoms with Crippen LogP contribution in [0.4, 0.5) is 0 Å². The SMILES string of the molecule is Cc1cc(C)nc(-c2cccc(Cl)c2)n1. The van der Waals surface area contributed by atoms with Gasteiger partial charge < -0.3 is 0 Å². The summed E-state index contributed by atoms with van der Waals surface area (Å²) in [5.74, 6) is 0.731. The molecule has 1 aromatic carbocycles. The Morgan fingerprint density at radius 1 is 1.00 bits per heavy atom. The van der Waals surface area contributed by atoms with Crippen LogP contribution >= 0.6 is 11.6 Å². The number of aromatic nitrogens is 2. The molecule has 0 radical (unpaired) electrons. The molecule has 1 aromatic heterocycles. The van der Waals surface area contributed by atoms with Crippen LogP contribution in [-0.2, 0) is 0 Å². The number of hydrogen-bond donors (Lipinski definition) is 0. The molecule has 0 unspecified atom stereocenters. The first-order valence-electron chi connectivity index (χ1n) is 4.73. The zero-order chi connectivity index (χ0) is 10.8.